The Labute approximate surface area is 156 Å². The van der Waals surface area contributed by atoms with Crippen LogP contribution < -0.4 is 5.32 Å². The van der Waals surface area contributed by atoms with E-state index in [4.69, 9.17) is 6.42 Å². The zero-order chi connectivity index (χ0) is 15.2. The molecule has 2 N–H and O–H groups in total. The second-order valence-electron chi connectivity index (χ2n) is 4.83. The van der Waals surface area contributed by atoms with Crippen molar-refractivity contribution in [1.29, 1.82) is 0 Å². The molecule has 0 heterocycles. The Balaban J connectivity index is 0.00000242. The first kappa shape index (κ1) is 19.0. The molecule has 0 saturated carbocycles. The maximum absolute atomic E-state index is 9.59. The number of nitrogens with one attached hydrogen (secondary N) is 1. The van der Waals surface area contributed by atoms with Gasteiger partial charge in [-0.2, -0.15) is 12.0 Å². The van der Waals surface area contributed by atoms with Crippen molar-refractivity contribution in [2.75, 3.05) is 7.05 Å². The van der Waals surface area contributed by atoms with Crippen LogP contribution in [0.25, 0.3) is 11.1 Å². The Hall–Kier alpha value is -1.03. The Morgan fingerprint density at radius 3 is 2.50 bits per heavy atom. The number of rotatable bonds is 5. The smallest absolute Gasteiger partial charge is 0.401 e. The fraction of sp³-hybridized carbons (Fsp3) is 0.211. The van der Waals surface area contributed by atoms with E-state index in [-0.39, 0.29) is 37.7 Å². The SMILES string of the molecule is C#Cc1ccc(-c2[c-]c(C[CH2-])c(CO)c(CNC)c2)cc1.[U+2]. The monoisotopic (exact) mass is 515 g/mol. The van der Waals surface area contributed by atoms with Crippen LogP contribution in [0.2, 0.25) is 0 Å². The van der Waals surface area contributed by atoms with Crippen LogP contribution in [-0.2, 0) is 19.6 Å². The zero-order valence-corrected chi connectivity index (χ0v) is 16.9. The van der Waals surface area contributed by atoms with Gasteiger partial charge in [0.05, 0.1) is 0 Å². The summed E-state index contributed by atoms with van der Waals surface area (Å²) in [7, 11) is 1.89. The number of hydrogen-bond acceptors (Lipinski definition) is 2. The van der Waals surface area contributed by atoms with Crippen LogP contribution in [0.3, 0.4) is 0 Å². The summed E-state index contributed by atoms with van der Waals surface area (Å²) in [5.41, 5.74) is 5.88. The molecule has 2 aromatic carbocycles. The molecule has 2 rings (SSSR count). The summed E-state index contributed by atoms with van der Waals surface area (Å²) in [6.07, 6.45) is 5.98. The summed E-state index contributed by atoms with van der Waals surface area (Å²) in [6.45, 7) is 4.65. The van der Waals surface area contributed by atoms with E-state index in [1.807, 2.05) is 31.3 Å². The van der Waals surface area contributed by atoms with Gasteiger partial charge >= 0.3 is 31.1 Å². The number of aliphatic hydroxyl groups excluding tert-OH is 1. The topological polar surface area (TPSA) is 32.3 Å². The van der Waals surface area contributed by atoms with Crippen LogP contribution >= 0.6 is 0 Å². The van der Waals surface area contributed by atoms with E-state index in [1.165, 1.54) is 0 Å². The number of benzene rings is 2. The summed E-state index contributed by atoms with van der Waals surface area (Å²) in [5, 5.41) is 12.7. The predicted octanol–water partition coefficient (Wildman–Crippen LogP) is 2.72. The van der Waals surface area contributed by atoms with Crippen LogP contribution in [0, 0.1) is 56.4 Å². The Kier molecular flexibility index (Phi) is 7.94. The molecule has 2 aromatic rings. The van der Waals surface area contributed by atoms with Crippen molar-refractivity contribution in [3.05, 3.63) is 65.6 Å². The Bertz CT molecular complexity index is 656. The minimum absolute atomic E-state index is 0. The molecule has 0 spiro atoms. The fourth-order valence-electron chi connectivity index (χ4n) is 2.39. The largest absolute Gasteiger partial charge is 2.00 e. The third-order valence-electron chi connectivity index (χ3n) is 3.49. The summed E-state index contributed by atoms with van der Waals surface area (Å²) in [4.78, 5) is 0. The van der Waals surface area contributed by atoms with Gasteiger partial charge in [-0.15, -0.1) is 29.7 Å². The number of hydrogen-bond donors (Lipinski definition) is 2. The molecular weight excluding hydrogens is 496 g/mol. The molecular formula is C19H19NOU. The molecule has 0 aliphatic rings. The average molecular weight is 515 g/mol. The molecule has 0 saturated heterocycles. The van der Waals surface area contributed by atoms with E-state index >= 15 is 0 Å². The second kappa shape index (κ2) is 9.19. The molecule has 2 nitrogen and oxygen atoms in total. The molecule has 0 aliphatic carbocycles. The van der Waals surface area contributed by atoms with Gasteiger partial charge in [-0.25, -0.2) is 0 Å². The van der Waals surface area contributed by atoms with Gasteiger partial charge in [-0.1, -0.05) is 41.3 Å². The molecule has 0 atom stereocenters. The fourth-order valence-corrected chi connectivity index (χ4v) is 2.39. The predicted molar refractivity (Wildman–Crippen MR) is 86.4 cm³/mol. The molecule has 22 heavy (non-hydrogen) atoms. The van der Waals surface area contributed by atoms with Gasteiger partial charge in [0.25, 0.3) is 0 Å². The molecule has 0 bridgehead atoms. The van der Waals surface area contributed by atoms with Crippen molar-refractivity contribution in [3.8, 4) is 23.5 Å². The number of terminal acetylenes is 1. The minimum atomic E-state index is 0. The number of aliphatic hydroxyl groups is 1. The first-order valence-electron chi connectivity index (χ1n) is 6.92. The van der Waals surface area contributed by atoms with Gasteiger partial charge in [-0.3, -0.25) is 0 Å². The van der Waals surface area contributed by atoms with Crippen molar-refractivity contribution < 1.29 is 36.2 Å². The van der Waals surface area contributed by atoms with Crippen molar-refractivity contribution in [1.82, 2.24) is 5.32 Å². The van der Waals surface area contributed by atoms with Crippen LogP contribution in [0.1, 0.15) is 22.3 Å². The molecule has 110 valence electrons. The maximum Gasteiger partial charge on any atom is 2.00 e. The van der Waals surface area contributed by atoms with E-state index in [1.54, 1.807) is 0 Å². The van der Waals surface area contributed by atoms with Crippen LogP contribution in [0.15, 0.2) is 30.3 Å². The van der Waals surface area contributed by atoms with Crippen LogP contribution in [0.5, 0.6) is 0 Å². The molecule has 0 aromatic heterocycles. The van der Waals surface area contributed by atoms with E-state index in [0.717, 1.165) is 33.4 Å². The Morgan fingerprint density at radius 1 is 1.32 bits per heavy atom. The minimum Gasteiger partial charge on any atom is -0.401 e. The summed E-state index contributed by atoms with van der Waals surface area (Å²) in [5.74, 6) is 2.61. The van der Waals surface area contributed by atoms with Gasteiger partial charge in [0, 0.05) is 18.7 Å². The standard InChI is InChI=1S/C19H19NO.U/c1-4-14-6-8-16(9-7-14)17-10-15(5-2)19(13-21)18(11-17)12-20-3;/h1,6-9,11,20-21H,2,5,12-13H2,3H3;/q-2;+2. The first-order chi connectivity index (χ1) is 10.2. The quantitative estimate of drug-likeness (QED) is 0.475. The third-order valence-corrected chi connectivity index (χ3v) is 3.49. The van der Waals surface area contributed by atoms with E-state index in [2.05, 4.69) is 30.3 Å². The molecule has 3 heteroatoms. The molecule has 0 unspecified atom stereocenters. The molecule has 0 aliphatic heterocycles. The second-order valence-corrected chi connectivity index (χ2v) is 4.83. The molecule has 0 amide bonds. The molecule has 0 radical (unpaired) electrons. The van der Waals surface area contributed by atoms with Crippen molar-refractivity contribution >= 4 is 0 Å². The van der Waals surface area contributed by atoms with E-state index in [0.29, 0.717) is 13.0 Å². The van der Waals surface area contributed by atoms with Crippen molar-refractivity contribution in [2.45, 2.75) is 19.6 Å². The van der Waals surface area contributed by atoms with Gasteiger partial charge in [0.15, 0.2) is 0 Å². The summed E-state index contributed by atoms with van der Waals surface area (Å²) >= 11 is 0. The van der Waals surface area contributed by atoms with Crippen molar-refractivity contribution in [3.63, 3.8) is 0 Å². The maximum atomic E-state index is 9.59. The van der Waals surface area contributed by atoms with Crippen molar-refractivity contribution in [2.24, 2.45) is 0 Å². The normalized spacial score (nSPS) is 9.91. The Morgan fingerprint density at radius 2 is 2.00 bits per heavy atom. The third kappa shape index (κ3) is 4.25. The van der Waals surface area contributed by atoms with Crippen LogP contribution in [-0.4, -0.2) is 12.2 Å². The van der Waals surface area contributed by atoms with Gasteiger partial charge in [0.2, 0.25) is 0 Å². The van der Waals surface area contributed by atoms with Crippen LogP contribution in [0.4, 0.5) is 0 Å². The average Bonchev–Trinajstić information content (AvgIpc) is 2.54. The summed E-state index contributed by atoms with van der Waals surface area (Å²) < 4.78 is 0. The first-order valence-corrected chi connectivity index (χ1v) is 6.92. The van der Waals surface area contributed by atoms with E-state index < -0.39 is 0 Å². The molecule has 0 fully saturated rings. The van der Waals surface area contributed by atoms with E-state index in [9.17, 15) is 5.11 Å². The van der Waals surface area contributed by atoms with Gasteiger partial charge in [0.1, 0.15) is 0 Å². The van der Waals surface area contributed by atoms with Gasteiger partial charge < -0.3 is 17.3 Å². The zero-order valence-electron chi connectivity index (χ0n) is 12.7. The van der Waals surface area contributed by atoms with Gasteiger partial charge in [-0.05, 0) is 7.05 Å². The summed E-state index contributed by atoms with van der Waals surface area (Å²) in [6, 6.07) is 13.3.